The van der Waals surface area contributed by atoms with Crippen LogP contribution in [0.4, 0.5) is 11.4 Å². The molecule has 0 saturated carbocycles. The van der Waals surface area contributed by atoms with Crippen molar-refractivity contribution in [1.82, 2.24) is 4.31 Å². The summed E-state index contributed by atoms with van der Waals surface area (Å²) in [6, 6.07) is 10.1. The number of sulfonamides is 1. The van der Waals surface area contributed by atoms with Crippen LogP contribution < -0.4 is 5.43 Å². The van der Waals surface area contributed by atoms with Gasteiger partial charge in [0, 0.05) is 24.7 Å². The number of nitrogens with one attached hydrogen (secondary N) is 1. The molecule has 27 heavy (non-hydrogen) atoms. The molecule has 0 atom stereocenters. The molecular weight excluding hydrogens is 372 g/mol. The van der Waals surface area contributed by atoms with E-state index in [2.05, 4.69) is 10.5 Å². The van der Waals surface area contributed by atoms with Crippen molar-refractivity contribution in [2.24, 2.45) is 5.10 Å². The summed E-state index contributed by atoms with van der Waals surface area (Å²) in [6.07, 6.45) is 2.87. The molecule has 2 N–H and O–H groups in total. The predicted octanol–water partition coefficient (Wildman–Crippen LogP) is 2.53. The molecule has 0 radical (unpaired) electrons. The SMILES string of the molecule is O=[N+]([O-])c1cc(S(=O)(=O)N2CCCC2)ccc1NN=Cc1ccccc1O. The fourth-order valence-corrected chi connectivity index (χ4v) is 4.30. The number of para-hydroxylation sites is 1. The molecule has 0 amide bonds. The number of aromatic hydroxyl groups is 1. The number of hydrazone groups is 1. The van der Waals surface area contributed by atoms with Gasteiger partial charge in [-0.3, -0.25) is 15.5 Å². The normalized spacial score (nSPS) is 15.3. The van der Waals surface area contributed by atoms with Crippen LogP contribution in [0.2, 0.25) is 0 Å². The standard InChI is InChI=1S/C17H18N4O5S/c22-17-6-2-1-5-13(17)12-18-19-15-8-7-14(11-16(15)21(23)24)27(25,26)20-9-3-4-10-20/h1-2,5-8,11-12,19,22H,3-4,9-10H2. The lowest BCUT2D eigenvalue weighted by molar-refractivity contribution is -0.384. The number of hydrogen-bond donors (Lipinski definition) is 2. The van der Waals surface area contributed by atoms with Gasteiger partial charge in [0.1, 0.15) is 11.4 Å². The summed E-state index contributed by atoms with van der Waals surface area (Å²) in [6.45, 7) is 0.835. The second-order valence-corrected chi connectivity index (χ2v) is 7.91. The summed E-state index contributed by atoms with van der Waals surface area (Å²) in [5.41, 5.74) is 2.61. The number of phenols is 1. The average molecular weight is 390 g/mol. The third kappa shape index (κ3) is 4.07. The van der Waals surface area contributed by atoms with E-state index in [0.717, 1.165) is 18.9 Å². The van der Waals surface area contributed by atoms with Gasteiger partial charge in [0.2, 0.25) is 10.0 Å². The lowest BCUT2D eigenvalue weighted by Crippen LogP contribution is -2.27. The largest absolute Gasteiger partial charge is 0.507 e. The highest BCUT2D eigenvalue weighted by atomic mass is 32.2. The molecule has 0 aliphatic carbocycles. The topological polar surface area (TPSA) is 125 Å². The Kier molecular flexibility index (Phi) is 5.38. The molecule has 0 aromatic heterocycles. The van der Waals surface area contributed by atoms with E-state index in [1.54, 1.807) is 18.2 Å². The molecule has 1 fully saturated rings. The van der Waals surface area contributed by atoms with Crippen molar-refractivity contribution in [2.75, 3.05) is 18.5 Å². The van der Waals surface area contributed by atoms with Crippen LogP contribution in [0, 0.1) is 10.1 Å². The van der Waals surface area contributed by atoms with E-state index >= 15 is 0 Å². The first-order valence-electron chi connectivity index (χ1n) is 8.25. The fraction of sp³-hybridized carbons (Fsp3) is 0.235. The molecule has 2 aromatic carbocycles. The molecule has 10 heteroatoms. The number of anilines is 1. The number of rotatable bonds is 6. The van der Waals surface area contributed by atoms with Crippen LogP contribution in [0.15, 0.2) is 52.5 Å². The monoisotopic (exact) mass is 390 g/mol. The molecule has 1 saturated heterocycles. The van der Waals surface area contributed by atoms with Gasteiger partial charge in [-0.05, 0) is 37.1 Å². The highest BCUT2D eigenvalue weighted by Gasteiger charge is 2.29. The van der Waals surface area contributed by atoms with Crippen LogP contribution in [-0.4, -0.2) is 42.1 Å². The summed E-state index contributed by atoms with van der Waals surface area (Å²) in [5, 5.41) is 24.9. The highest BCUT2D eigenvalue weighted by Crippen LogP contribution is 2.30. The van der Waals surface area contributed by atoms with Crippen LogP contribution in [-0.2, 0) is 10.0 Å². The number of nitrogens with zero attached hydrogens (tertiary/aromatic N) is 3. The first-order chi connectivity index (χ1) is 12.9. The Balaban J connectivity index is 1.86. The minimum absolute atomic E-state index is 0.0182. The van der Waals surface area contributed by atoms with E-state index in [9.17, 15) is 23.6 Å². The van der Waals surface area contributed by atoms with Crippen molar-refractivity contribution in [3.63, 3.8) is 0 Å². The molecule has 0 bridgehead atoms. The average Bonchev–Trinajstić information content (AvgIpc) is 3.19. The van der Waals surface area contributed by atoms with Gasteiger partial charge >= 0.3 is 0 Å². The van der Waals surface area contributed by atoms with Gasteiger partial charge in [-0.15, -0.1) is 0 Å². The highest BCUT2D eigenvalue weighted by molar-refractivity contribution is 7.89. The third-order valence-corrected chi connectivity index (χ3v) is 6.09. The Morgan fingerprint density at radius 2 is 1.89 bits per heavy atom. The maximum atomic E-state index is 12.6. The van der Waals surface area contributed by atoms with Gasteiger partial charge in [-0.1, -0.05) is 12.1 Å². The lowest BCUT2D eigenvalue weighted by Gasteiger charge is -2.15. The predicted molar refractivity (Wildman–Crippen MR) is 100 cm³/mol. The maximum absolute atomic E-state index is 12.6. The zero-order valence-corrected chi connectivity index (χ0v) is 15.1. The molecule has 3 rings (SSSR count). The fourth-order valence-electron chi connectivity index (χ4n) is 2.76. The number of nitro groups is 1. The smallest absolute Gasteiger partial charge is 0.295 e. The quantitative estimate of drug-likeness (QED) is 0.443. The zero-order chi connectivity index (χ0) is 19.4. The van der Waals surface area contributed by atoms with Crippen LogP contribution in [0.5, 0.6) is 5.75 Å². The summed E-state index contributed by atoms with van der Waals surface area (Å²) in [5.74, 6) is 0.0182. The van der Waals surface area contributed by atoms with E-state index in [0.29, 0.717) is 18.7 Å². The molecule has 1 aliphatic heterocycles. The molecule has 2 aromatic rings. The van der Waals surface area contributed by atoms with Gasteiger partial charge in [0.15, 0.2) is 0 Å². The van der Waals surface area contributed by atoms with Crippen molar-refractivity contribution >= 4 is 27.6 Å². The van der Waals surface area contributed by atoms with Gasteiger partial charge < -0.3 is 5.11 Å². The van der Waals surface area contributed by atoms with Gasteiger partial charge in [0.25, 0.3) is 5.69 Å². The van der Waals surface area contributed by atoms with Crippen LogP contribution >= 0.6 is 0 Å². The molecular formula is C17H18N4O5S. The van der Waals surface area contributed by atoms with E-state index in [1.165, 1.54) is 28.7 Å². The summed E-state index contributed by atoms with van der Waals surface area (Å²) >= 11 is 0. The number of hydrogen-bond acceptors (Lipinski definition) is 7. The Bertz CT molecular complexity index is 985. The Morgan fingerprint density at radius 1 is 1.19 bits per heavy atom. The minimum Gasteiger partial charge on any atom is -0.507 e. The number of nitro benzene ring substituents is 1. The zero-order valence-electron chi connectivity index (χ0n) is 14.3. The maximum Gasteiger partial charge on any atom is 0.295 e. The summed E-state index contributed by atoms with van der Waals surface area (Å²) in [4.78, 5) is 10.6. The van der Waals surface area contributed by atoms with E-state index in [4.69, 9.17) is 0 Å². The Hall–Kier alpha value is -2.98. The summed E-state index contributed by atoms with van der Waals surface area (Å²) in [7, 11) is -3.75. The molecule has 0 spiro atoms. The third-order valence-electron chi connectivity index (χ3n) is 4.19. The lowest BCUT2D eigenvalue weighted by atomic mass is 10.2. The van der Waals surface area contributed by atoms with Crippen LogP contribution in [0.3, 0.4) is 0 Å². The number of phenolic OH excluding ortho intramolecular Hbond substituents is 1. The Morgan fingerprint density at radius 3 is 2.56 bits per heavy atom. The van der Waals surface area contributed by atoms with Gasteiger partial charge in [-0.2, -0.15) is 9.41 Å². The van der Waals surface area contributed by atoms with Crippen LogP contribution in [0.25, 0.3) is 0 Å². The second-order valence-electron chi connectivity index (χ2n) is 5.98. The molecule has 1 aliphatic rings. The summed E-state index contributed by atoms with van der Waals surface area (Å²) < 4.78 is 26.5. The minimum atomic E-state index is -3.75. The van der Waals surface area contributed by atoms with E-state index in [1.807, 2.05) is 0 Å². The van der Waals surface area contributed by atoms with E-state index < -0.39 is 20.6 Å². The second kappa shape index (κ2) is 7.72. The first kappa shape index (κ1) is 18.8. The van der Waals surface area contributed by atoms with Crippen molar-refractivity contribution < 1.29 is 18.4 Å². The van der Waals surface area contributed by atoms with Crippen molar-refractivity contribution in [3.8, 4) is 5.75 Å². The Labute approximate surface area is 156 Å². The van der Waals surface area contributed by atoms with Gasteiger partial charge in [-0.25, -0.2) is 8.42 Å². The van der Waals surface area contributed by atoms with Crippen LogP contribution in [0.1, 0.15) is 18.4 Å². The molecule has 142 valence electrons. The van der Waals surface area contributed by atoms with Crippen molar-refractivity contribution in [3.05, 3.63) is 58.1 Å². The molecule has 1 heterocycles. The van der Waals surface area contributed by atoms with Crippen molar-refractivity contribution in [2.45, 2.75) is 17.7 Å². The van der Waals surface area contributed by atoms with Gasteiger partial charge in [0.05, 0.1) is 16.0 Å². The van der Waals surface area contributed by atoms with E-state index in [-0.39, 0.29) is 16.3 Å². The molecule has 0 unspecified atom stereocenters. The first-order valence-corrected chi connectivity index (χ1v) is 9.69. The van der Waals surface area contributed by atoms with Crippen molar-refractivity contribution in [1.29, 1.82) is 0 Å². The molecule has 9 nitrogen and oxygen atoms in total. The number of benzene rings is 2.